The van der Waals surface area contributed by atoms with Gasteiger partial charge < -0.3 is 25.2 Å². The van der Waals surface area contributed by atoms with Gasteiger partial charge >= 0.3 is 0 Å². The van der Waals surface area contributed by atoms with E-state index in [-0.39, 0.29) is 35.3 Å². The van der Waals surface area contributed by atoms with E-state index in [9.17, 15) is 19.2 Å². The number of nitrogens with zero attached hydrogens (tertiary/aromatic N) is 4. The molecule has 0 bridgehead atoms. The maximum atomic E-state index is 15.7. The van der Waals surface area contributed by atoms with Crippen molar-refractivity contribution in [1.82, 2.24) is 30.7 Å². The van der Waals surface area contributed by atoms with Crippen LogP contribution < -0.4 is 10.6 Å². The number of carbonyl (C=O) groups is 4. The van der Waals surface area contributed by atoms with Gasteiger partial charge in [-0.05, 0) is 67.4 Å². The maximum absolute atomic E-state index is 15.7. The van der Waals surface area contributed by atoms with Crippen molar-refractivity contribution >= 4 is 23.5 Å². The number of rotatable bonds is 13. The number of piperazine rings is 1. The lowest BCUT2D eigenvalue weighted by molar-refractivity contribution is -0.140. The number of nitrogens with one attached hydrogen (secondary N) is 2. The number of hydrogen-bond acceptors (Lipinski definition) is 9. The summed E-state index contributed by atoms with van der Waals surface area (Å²) in [5, 5.41) is 13.2. The van der Waals surface area contributed by atoms with E-state index in [0.717, 1.165) is 25.7 Å². The number of ether oxygens (including phenoxy) is 1. The van der Waals surface area contributed by atoms with E-state index < -0.39 is 41.7 Å². The highest BCUT2D eigenvalue weighted by Crippen LogP contribution is 2.32. The Bertz CT molecular complexity index is 1400. The fraction of sp³-hybridized carbons (Fsp3) is 0.647. The Hall–Kier alpha value is -3.71. The molecule has 2 N–H and O–H groups in total. The molecular formula is C34H49FN6O6. The molecule has 1 saturated carbocycles. The molecular weight excluding hydrogens is 607 g/mol. The van der Waals surface area contributed by atoms with Gasteiger partial charge in [-0.15, -0.1) is 0 Å². The zero-order valence-electron chi connectivity index (χ0n) is 28.4. The van der Waals surface area contributed by atoms with Crippen LogP contribution in [0.25, 0.3) is 0 Å². The molecule has 12 nitrogen and oxygen atoms in total. The molecule has 1 saturated heterocycles. The average Bonchev–Trinajstić information content (AvgIpc) is 3.56. The van der Waals surface area contributed by atoms with Gasteiger partial charge in [0.15, 0.2) is 11.5 Å². The number of aryl methyl sites for hydroxylation is 1. The van der Waals surface area contributed by atoms with Gasteiger partial charge in [0.25, 0.3) is 5.91 Å². The number of carbonyl (C=O) groups excluding carboxylic acids is 4. The van der Waals surface area contributed by atoms with Gasteiger partial charge in [0.2, 0.25) is 11.8 Å². The Morgan fingerprint density at radius 3 is 2.34 bits per heavy atom. The summed E-state index contributed by atoms with van der Waals surface area (Å²) in [6.45, 7) is 9.83. The Labute approximate surface area is 276 Å². The van der Waals surface area contributed by atoms with Crippen LogP contribution in [0.3, 0.4) is 0 Å². The first-order valence-electron chi connectivity index (χ1n) is 16.7. The Balaban J connectivity index is 1.53. The number of methoxy groups -OCH3 is 1. The number of halogens is 1. The molecule has 13 heteroatoms. The third kappa shape index (κ3) is 9.01. The van der Waals surface area contributed by atoms with E-state index in [1.54, 1.807) is 30.9 Å². The largest absolute Gasteiger partial charge is 0.372 e. The molecule has 0 radical (unpaired) electrons. The third-order valence-corrected chi connectivity index (χ3v) is 9.84. The molecule has 2 heterocycles. The first-order valence-corrected chi connectivity index (χ1v) is 16.7. The lowest BCUT2D eigenvalue weighted by Crippen LogP contribution is -2.56. The quantitative estimate of drug-likeness (QED) is 0.332. The monoisotopic (exact) mass is 656 g/mol. The Morgan fingerprint density at radius 2 is 1.72 bits per heavy atom. The summed E-state index contributed by atoms with van der Waals surface area (Å²) in [5.74, 6) is -2.24. The number of likely N-dealkylation sites (N-methyl/N-ethyl adjacent to an activating group) is 1. The Morgan fingerprint density at radius 1 is 1.04 bits per heavy atom. The molecule has 0 spiro atoms. The van der Waals surface area contributed by atoms with Crippen molar-refractivity contribution in [3.63, 3.8) is 0 Å². The van der Waals surface area contributed by atoms with Crippen LogP contribution in [0.1, 0.15) is 86.6 Å². The second-order valence-electron chi connectivity index (χ2n) is 13.2. The fourth-order valence-electron chi connectivity index (χ4n) is 6.38. The van der Waals surface area contributed by atoms with Crippen molar-refractivity contribution in [2.45, 2.75) is 90.3 Å². The summed E-state index contributed by atoms with van der Waals surface area (Å²) in [6, 6.07) is 2.81. The molecule has 258 valence electrons. The highest BCUT2D eigenvalue weighted by Gasteiger charge is 2.36. The second-order valence-corrected chi connectivity index (χ2v) is 13.2. The zero-order valence-corrected chi connectivity index (χ0v) is 28.4. The van der Waals surface area contributed by atoms with Crippen LogP contribution >= 0.6 is 0 Å². The zero-order chi connectivity index (χ0) is 34.2. The molecule has 1 aromatic carbocycles. The smallest absolute Gasteiger partial charge is 0.276 e. The maximum Gasteiger partial charge on any atom is 0.276 e. The number of aromatic nitrogens is 2. The van der Waals surface area contributed by atoms with Crippen molar-refractivity contribution in [3.8, 4) is 0 Å². The Kier molecular flexibility index (Phi) is 12.6. The average molecular weight is 657 g/mol. The van der Waals surface area contributed by atoms with Crippen molar-refractivity contribution in [3.05, 3.63) is 46.5 Å². The van der Waals surface area contributed by atoms with Crippen molar-refractivity contribution < 1.29 is 32.9 Å². The lowest BCUT2D eigenvalue weighted by atomic mass is 9.77. The van der Waals surface area contributed by atoms with E-state index >= 15 is 4.39 Å². The molecule has 1 aromatic heterocycles. The third-order valence-electron chi connectivity index (χ3n) is 9.84. The van der Waals surface area contributed by atoms with E-state index in [4.69, 9.17) is 9.37 Å². The standard InChI is InChI=1S/C34H49FN6O6/c1-7-27-31(39-47-38-27)33(44)37-30(23-10-8-20(2)9-11-23)28(42)19-25-13-12-24(18-26(25)35)21(3)29(36-32(43)22(4)46-6)34(45)41-16-14-40(5)15-17-41/h12-13,18,20-23,29-30H,7-11,14-17,19H2,1-6H3,(H,36,43)(H,37,44)/t20?,21-,22-,23?,29+,30-/m0/s1. The molecule has 3 amide bonds. The van der Waals surface area contributed by atoms with Gasteiger partial charge in [-0.1, -0.05) is 50.9 Å². The van der Waals surface area contributed by atoms with Crippen molar-refractivity contribution in [2.24, 2.45) is 11.8 Å². The van der Waals surface area contributed by atoms with Crippen molar-refractivity contribution in [2.75, 3.05) is 40.3 Å². The van der Waals surface area contributed by atoms with Crippen LogP contribution in [-0.4, -0.2) is 102 Å². The highest BCUT2D eigenvalue weighted by atomic mass is 19.1. The topological polar surface area (TPSA) is 147 Å². The van der Waals surface area contributed by atoms with Gasteiger partial charge in [0.05, 0.1) is 6.04 Å². The molecule has 2 aromatic rings. The van der Waals surface area contributed by atoms with E-state index in [1.807, 2.05) is 14.0 Å². The van der Waals surface area contributed by atoms with Gasteiger partial charge in [-0.3, -0.25) is 19.2 Å². The lowest BCUT2D eigenvalue weighted by Gasteiger charge is -2.36. The van der Waals surface area contributed by atoms with Gasteiger partial charge in [0.1, 0.15) is 23.7 Å². The minimum absolute atomic E-state index is 0.0478. The summed E-state index contributed by atoms with van der Waals surface area (Å²) < 4.78 is 25.7. The van der Waals surface area contributed by atoms with Gasteiger partial charge in [-0.25, -0.2) is 9.02 Å². The van der Waals surface area contributed by atoms with Crippen LogP contribution in [0.4, 0.5) is 4.39 Å². The number of ketones is 1. The minimum atomic E-state index is -0.942. The molecule has 1 aliphatic heterocycles. The molecule has 4 atom stereocenters. The number of amides is 3. The molecule has 47 heavy (non-hydrogen) atoms. The SMILES string of the molecule is CCc1nonc1C(=O)N[C@H](C(=O)Cc1ccc([C@H](C)[C@@H](NC(=O)[C@H](C)OC)C(=O)N2CCN(C)CC2)cc1F)C1CCC(C)CC1. The van der Waals surface area contributed by atoms with Crippen LogP contribution in [0.5, 0.6) is 0 Å². The summed E-state index contributed by atoms with van der Waals surface area (Å²) in [4.78, 5) is 57.3. The molecule has 2 aliphatic rings. The fourth-order valence-corrected chi connectivity index (χ4v) is 6.38. The molecule has 1 aliphatic carbocycles. The number of Topliss-reactive ketones (excluding diaryl/α,β-unsaturated/α-hetero) is 1. The summed E-state index contributed by atoms with van der Waals surface area (Å²) >= 11 is 0. The molecule has 2 fully saturated rings. The summed E-state index contributed by atoms with van der Waals surface area (Å²) in [6.07, 6.45) is 2.86. The first-order chi connectivity index (χ1) is 22.4. The van der Waals surface area contributed by atoms with E-state index in [0.29, 0.717) is 49.8 Å². The predicted octanol–water partition coefficient (Wildman–Crippen LogP) is 2.90. The van der Waals surface area contributed by atoms with E-state index in [2.05, 4.69) is 32.8 Å². The van der Waals surface area contributed by atoms with Crippen LogP contribution in [0.2, 0.25) is 0 Å². The number of hydrogen-bond donors (Lipinski definition) is 2. The summed E-state index contributed by atoms with van der Waals surface area (Å²) in [7, 11) is 3.40. The first kappa shape index (κ1) is 36.1. The van der Waals surface area contributed by atoms with Gasteiger partial charge in [0, 0.05) is 45.6 Å². The molecule has 4 rings (SSSR count). The van der Waals surface area contributed by atoms with Crippen LogP contribution in [0.15, 0.2) is 22.8 Å². The highest BCUT2D eigenvalue weighted by molar-refractivity contribution is 5.97. The van der Waals surface area contributed by atoms with Crippen LogP contribution in [0, 0.1) is 17.7 Å². The summed E-state index contributed by atoms with van der Waals surface area (Å²) in [5.41, 5.74) is 1.14. The normalized spacial score (nSPS) is 21.4. The second kappa shape index (κ2) is 16.4. The molecule has 0 unspecified atom stereocenters. The number of benzene rings is 1. The van der Waals surface area contributed by atoms with Gasteiger partial charge in [-0.2, -0.15) is 0 Å². The van der Waals surface area contributed by atoms with Crippen molar-refractivity contribution in [1.29, 1.82) is 0 Å². The minimum Gasteiger partial charge on any atom is -0.372 e. The van der Waals surface area contributed by atoms with Crippen LogP contribution in [-0.2, 0) is 32.0 Å². The van der Waals surface area contributed by atoms with E-state index in [1.165, 1.54) is 13.2 Å². The predicted molar refractivity (Wildman–Crippen MR) is 172 cm³/mol.